The number of aliphatic carboxylic acids is 1. The van der Waals surface area contributed by atoms with Crippen molar-refractivity contribution in [3.8, 4) is 0 Å². The van der Waals surface area contributed by atoms with Crippen LogP contribution >= 0.6 is 11.8 Å². The Hall–Kier alpha value is -14.0. The van der Waals surface area contributed by atoms with Gasteiger partial charge >= 0.3 is 5.97 Å². The molecule has 150 heavy (non-hydrogen) atoms. The summed E-state index contributed by atoms with van der Waals surface area (Å²) in [7, 11) is 0. The summed E-state index contributed by atoms with van der Waals surface area (Å²) in [6.07, 6.45) is 1.17. The number of aliphatic hydroxyl groups is 1. The van der Waals surface area contributed by atoms with E-state index in [4.69, 9.17) is 67.8 Å². The summed E-state index contributed by atoms with van der Waals surface area (Å²) in [5.74, 6) is -19.5. The maximum absolute atomic E-state index is 15.3. The van der Waals surface area contributed by atoms with Crippen LogP contribution in [-0.4, -0.2) is 302 Å². The fraction of sp³-hybridized carbons (Fsp3) is 0.602. The monoisotopic (exact) mass is 2130 g/mol. The summed E-state index contributed by atoms with van der Waals surface area (Å²) in [5.41, 5.74) is 53.3. The van der Waals surface area contributed by atoms with E-state index >= 15 is 24.0 Å². The van der Waals surface area contributed by atoms with E-state index in [9.17, 15) is 72.5 Å². The van der Waals surface area contributed by atoms with E-state index in [0.717, 1.165) is 0 Å². The Kier molecular flexibility index (Phi) is 62.2. The molecule has 0 fully saturated rings. The number of nitrogens with two attached hydrogens (primary N) is 9. The zero-order valence-electron chi connectivity index (χ0n) is 87.0. The van der Waals surface area contributed by atoms with E-state index in [-0.39, 0.29) is 160 Å². The molecule has 3 aromatic rings. The summed E-state index contributed by atoms with van der Waals surface area (Å²) in [6.45, 7) is 10.2. The predicted molar refractivity (Wildman–Crippen MR) is 565 cm³/mol. The third-order valence-corrected chi connectivity index (χ3v) is 24.6. The van der Waals surface area contributed by atoms with Gasteiger partial charge in [0, 0.05) is 51.9 Å². The number of nitrogens with one attached hydrogen (secondary N) is 22. The SMILES string of the molecule is CC[C@H](C)[C@H](NC(=O)[C@H](Cc1ccccc1)NC(=O)[C@H](CN)NC(=O)[C@H](CCCNC(=N)N)NC(=O)[C@H](Cc1ccccc1)NC(=O)[C@H](Cc1ccccc1)NC(=O)[C@H](CCN)NC(=O)[C@H](CO)NC(=O)[C@H](CC(C)C)NC(=O)[C@H](CCCNC(=N)N)NC(=O)[C@H](CCSC)NC(=O)[C@H](C)N)C(=O)N[C@@H](CC(C)C)C(=O)N[C@@H](CCC(N)=O)C(=O)N[C@@H](CCCNC(=N)N)C(=O)N[C@@H](CCCCN)C(=O)N[C@@H](CCCCN)C(=O)O. The molecular formula is C98H163N31O20S. The van der Waals surface area contributed by atoms with Gasteiger partial charge in [-0.25, -0.2) is 4.79 Å². The number of amides is 17. The average Bonchev–Trinajstić information content (AvgIpc) is 0.840. The molecule has 0 aliphatic carbocycles. The van der Waals surface area contributed by atoms with Crippen molar-refractivity contribution >= 4 is 136 Å². The van der Waals surface area contributed by atoms with Crippen molar-refractivity contribution < 1.29 is 96.5 Å². The standard InChI is InChI=1S/C98H163N31O20S/c1-9-57(6)78(94(147)126-71(49-56(4)5)87(140)119-66(37-38-77(104)131)84(137)116-63(34-23-44-111-96(105)106)80(133)115-62(32-19-21-41-99)81(134)121-69(95(148)149)33-20-22-42-100)129-91(144)74(52-61-30-17-12-18-31-61)125-92(145)75(53-102)127-83(136)65(36-25-46-113-98(109)110)118-89(142)72(50-59-26-13-10-14-27-59)124-90(143)73(51-60-28-15-11-16-29-60)123-85(138)67(39-43-101)120-93(146)76(54-130)128-88(141)70(48-55(2)3)122-82(135)64(35-24-45-112-97(107)108)117-86(139)68(40-47-150-8)114-79(132)58(7)103/h10-18,26-31,55-58,62-76,78,130H,9,19-25,32-54,99-103H2,1-8H3,(H2,104,131)(H,114,132)(H,115,133)(H,116,137)(H,117,139)(H,118,142)(H,119,140)(H,120,146)(H,121,134)(H,122,135)(H,123,138)(H,124,143)(H,125,145)(H,126,147)(H,127,136)(H,128,141)(H,129,144)(H,148,149)(H4,105,106,111)(H4,107,108,112)(H4,109,110,113)/t57-,58-,62-,63-,64-,65-,66-,67-,68-,69-,70-,71-,72-,73-,74-,75-,76-,78-/m0/s1. The molecule has 0 aliphatic rings. The van der Waals surface area contributed by atoms with Gasteiger partial charge in [-0.3, -0.25) is 97.7 Å². The number of unbranched alkanes of at least 4 members (excludes halogenated alkanes) is 2. The average molecular weight is 2130 g/mol. The lowest BCUT2D eigenvalue weighted by Gasteiger charge is -2.30. The Morgan fingerprint density at radius 1 is 0.320 bits per heavy atom. The van der Waals surface area contributed by atoms with E-state index in [1.54, 1.807) is 139 Å². The lowest BCUT2D eigenvalue weighted by molar-refractivity contribution is -0.142. The third-order valence-electron chi connectivity index (χ3n) is 24.0. The summed E-state index contributed by atoms with van der Waals surface area (Å²) in [6, 6.07) is -0.428. The number of thioether (sulfide) groups is 1. The molecule has 17 amide bonds. The van der Waals surface area contributed by atoms with Crippen molar-refractivity contribution in [3.63, 3.8) is 0 Å². The van der Waals surface area contributed by atoms with Crippen LogP contribution in [0, 0.1) is 34.0 Å². The molecule has 52 heteroatoms. The van der Waals surface area contributed by atoms with E-state index in [2.05, 4.69) is 101 Å². The summed E-state index contributed by atoms with van der Waals surface area (Å²) in [5, 5.41) is 93.7. The number of primary amides is 1. The minimum atomic E-state index is -1.81. The van der Waals surface area contributed by atoms with Crippen LogP contribution in [0.2, 0.25) is 0 Å². The van der Waals surface area contributed by atoms with Crippen molar-refractivity contribution in [3.05, 3.63) is 108 Å². The van der Waals surface area contributed by atoms with Gasteiger partial charge in [0.15, 0.2) is 17.9 Å². The zero-order valence-corrected chi connectivity index (χ0v) is 87.8. The molecule has 0 unspecified atom stereocenters. The lowest BCUT2D eigenvalue weighted by Crippen LogP contribution is -2.62. The quantitative estimate of drug-likeness (QED) is 0.0142. The van der Waals surface area contributed by atoms with Crippen molar-refractivity contribution in [1.29, 1.82) is 16.2 Å². The molecule has 3 aromatic carbocycles. The second-order valence-electron chi connectivity index (χ2n) is 37.5. The Morgan fingerprint density at radius 2 is 0.593 bits per heavy atom. The molecule has 0 aromatic heterocycles. The molecule has 42 N–H and O–H groups in total. The molecule has 836 valence electrons. The van der Waals surface area contributed by atoms with Gasteiger partial charge in [0.2, 0.25) is 100 Å². The first-order valence-electron chi connectivity index (χ1n) is 50.6. The number of hydrogen-bond acceptors (Lipinski definition) is 28. The van der Waals surface area contributed by atoms with Gasteiger partial charge in [0.1, 0.15) is 96.7 Å². The Bertz CT molecular complexity index is 4830. The van der Waals surface area contributed by atoms with Crippen LogP contribution in [0.25, 0.3) is 0 Å². The number of hydrogen-bond donors (Lipinski definition) is 33. The van der Waals surface area contributed by atoms with Crippen LogP contribution in [0.15, 0.2) is 91.0 Å². The topological polar surface area (TPSA) is 882 Å². The number of guanidine groups is 3. The summed E-state index contributed by atoms with van der Waals surface area (Å²) >= 11 is 1.40. The predicted octanol–water partition coefficient (Wildman–Crippen LogP) is -6.59. The molecular weight excluding hydrogens is 1960 g/mol. The molecule has 0 bridgehead atoms. The fourth-order valence-electron chi connectivity index (χ4n) is 15.5. The normalized spacial score (nSPS) is 14.7. The smallest absolute Gasteiger partial charge is 0.326 e. The minimum Gasteiger partial charge on any atom is -0.480 e. The van der Waals surface area contributed by atoms with Gasteiger partial charge in [-0.1, -0.05) is 139 Å². The molecule has 0 spiro atoms. The first-order chi connectivity index (χ1) is 71.2. The van der Waals surface area contributed by atoms with E-state index in [1.165, 1.54) is 18.7 Å². The molecule has 0 aliphatic heterocycles. The maximum Gasteiger partial charge on any atom is 0.326 e. The molecule has 51 nitrogen and oxygen atoms in total. The molecule has 18 atom stereocenters. The van der Waals surface area contributed by atoms with Crippen LogP contribution in [0.5, 0.6) is 0 Å². The van der Waals surface area contributed by atoms with Crippen molar-refractivity contribution in [2.45, 2.75) is 292 Å². The zero-order chi connectivity index (χ0) is 112. The van der Waals surface area contributed by atoms with Crippen LogP contribution in [0.4, 0.5) is 0 Å². The highest BCUT2D eigenvalue weighted by atomic mass is 32.2. The van der Waals surface area contributed by atoms with Crippen LogP contribution in [0.1, 0.15) is 187 Å². The molecule has 0 heterocycles. The van der Waals surface area contributed by atoms with Gasteiger partial charge in [0.05, 0.1) is 12.6 Å². The molecule has 3 rings (SSSR count). The van der Waals surface area contributed by atoms with Gasteiger partial charge in [-0.2, -0.15) is 11.8 Å². The Labute approximate surface area is 879 Å². The summed E-state index contributed by atoms with van der Waals surface area (Å²) in [4.78, 5) is 258. The van der Waals surface area contributed by atoms with Gasteiger partial charge in [-0.05, 0) is 182 Å². The Morgan fingerprint density at radius 3 is 0.907 bits per heavy atom. The minimum absolute atomic E-state index is 0.00157. The fourth-order valence-corrected chi connectivity index (χ4v) is 15.9. The first-order valence-corrected chi connectivity index (χ1v) is 52.0. The second kappa shape index (κ2) is 71.6. The van der Waals surface area contributed by atoms with Gasteiger partial charge in [-0.15, -0.1) is 0 Å². The van der Waals surface area contributed by atoms with Crippen molar-refractivity contribution in [2.75, 3.05) is 64.4 Å². The summed E-state index contributed by atoms with van der Waals surface area (Å²) < 4.78 is 0. The third kappa shape index (κ3) is 51.3. The van der Waals surface area contributed by atoms with Crippen LogP contribution < -0.4 is 153 Å². The molecule has 0 radical (unpaired) electrons. The highest BCUT2D eigenvalue weighted by molar-refractivity contribution is 7.98. The van der Waals surface area contributed by atoms with Gasteiger partial charge in [0.25, 0.3) is 0 Å². The van der Waals surface area contributed by atoms with Crippen molar-refractivity contribution in [1.82, 2.24) is 101 Å². The highest BCUT2D eigenvalue weighted by Crippen LogP contribution is 2.19. The van der Waals surface area contributed by atoms with Crippen LogP contribution in [-0.2, 0) is 106 Å². The molecule has 0 saturated heterocycles. The maximum atomic E-state index is 15.3. The number of rotatable bonds is 75. The number of carboxylic acid groups (broad SMARTS) is 1. The van der Waals surface area contributed by atoms with Gasteiger partial charge < -0.3 is 163 Å². The highest BCUT2D eigenvalue weighted by Gasteiger charge is 2.41. The number of aliphatic hydroxyl groups excluding tert-OH is 1. The molecule has 0 saturated carbocycles. The van der Waals surface area contributed by atoms with Crippen LogP contribution in [0.3, 0.4) is 0 Å². The Balaban J connectivity index is 2.07. The van der Waals surface area contributed by atoms with E-state index in [1.807, 2.05) is 0 Å². The largest absolute Gasteiger partial charge is 0.480 e. The number of benzene rings is 3. The van der Waals surface area contributed by atoms with E-state index < -0.39 is 253 Å². The number of carbonyl (C=O) groups excluding carboxylic acids is 17. The number of carboxylic acids is 1. The lowest BCUT2D eigenvalue weighted by atomic mass is 9.95. The second-order valence-corrected chi connectivity index (χ2v) is 38.5. The first kappa shape index (κ1) is 130. The van der Waals surface area contributed by atoms with E-state index in [0.29, 0.717) is 48.1 Å². The van der Waals surface area contributed by atoms with Crippen molar-refractivity contribution in [2.24, 2.45) is 69.4 Å². The number of carbonyl (C=O) groups is 18.